The zero-order valence-corrected chi connectivity index (χ0v) is 14.9. The number of hydrogen-bond donors (Lipinski definition) is 2. The summed E-state index contributed by atoms with van der Waals surface area (Å²) in [5, 5.41) is 9.75. The van der Waals surface area contributed by atoms with E-state index in [1.165, 1.54) is 16.7 Å². The second-order valence-corrected chi connectivity index (χ2v) is 7.79. The van der Waals surface area contributed by atoms with Crippen LogP contribution >= 0.6 is 0 Å². The van der Waals surface area contributed by atoms with E-state index in [9.17, 15) is 19.5 Å². The first-order chi connectivity index (χ1) is 10.9. The van der Waals surface area contributed by atoms with Crippen molar-refractivity contribution in [2.24, 2.45) is 5.73 Å². The fourth-order valence-electron chi connectivity index (χ4n) is 3.62. The molecule has 2 rings (SSSR count). The van der Waals surface area contributed by atoms with Crippen LogP contribution in [0.15, 0.2) is 0 Å². The van der Waals surface area contributed by atoms with Gasteiger partial charge in [0, 0.05) is 6.04 Å². The topological polar surface area (TPSA) is 113 Å². The molecular formula is C16H27N3O5. The first kappa shape index (κ1) is 18.5. The number of amides is 3. The smallest absolute Gasteiger partial charge is 0.411 e. The average molecular weight is 341 g/mol. The van der Waals surface area contributed by atoms with Gasteiger partial charge < -0.3 is 20.5 Å². The van der Waals surface area contributed by atoms with E-state index >= 15 is 0 Å². The highest BCUT2D eigenvalue weighted by Crippen LogP contribution is 2.43. The van der Waals surface area contributed by atoms with Gasteiger partial charge in [-0.25, -0.2) is 4.79 Å². The van der Waals surface area contributed by atoms with Crippen molar-refractivity contribution in [3.8, 4) is 0 Å². The van der Waals surface area contributed by atoms with Crippen molar-refractivity contribution in [1.29, 1.82) is 0 Å². The molecule has 0 aromatic heterocycles. The van der Waals surface area contributed by atoms with Crippen LogP contribution in [0.2, 0.25) is 0 Å². The Hall–Kier alpha value is -1.83. The van der Waals surface area contributed by atoms with Gasteiger partial charge >= 0.3 is 6.09 Å². The van der Waals surface area contributed by atoms with Crippen LogP contribution in [0, 0.1) is 0 Å². The Morgan fingerprint density at radius 1 is 1.42 bits per heavy atom. The minimum atomic E-state index is -1.08. The lowest BCUT2D eigenvalue weighted by Crippen LogP contribution is -2.77. The van der Waals surface area contributed by atoms with Crippen LogP contribution in [0.5, 0.6) is 0 Å². The molecule has 1 spiro atoms. The van der Waals surface area contributed by atoms with Crippen LogP contribution in [0.1, 0.15) is 47.5 Å². The highest BCUT2D eigenvalue weighted by atomic mass is 16.6. The molecular weight excluding hydrogens is 314 g/mol. The summed E-state index contributed by atoms with van der Waals surface area (Å²) in [7, 11) is 0. The average Bonchev–Trinajstić information content (AvgIpc) is 2.75. The molecule has 136 valence electrons. The van der Waals surface area contributed by atoms with Crippen molar-refractivity contribution in [3.05, 3.63) is 0 Å². The quantitative estimate of drug-likeness (QED) is 0.713. The van der Waals surface area contributed by atoms with Gasteiger partial charge in [-0.2, -0.15) is 0 Å². The Morgan fingerprint density at radius 3 is 2.42 bits per heavy atom. The van der Waals surface area contributed by atoms with Gasteiger partial charge in [0.15, 0.2) is 0 Å². The number of hydrogen-bond acceptors (Lipinski definition) is 5. The Kier molecular flexibility index (Phi) is 4.56. The molecule has 2 aliphatic heterocycles. The molecule has 2 fully saturated rings. The number of ether oxygens (including phenoxy) is 1. The normalized spacial score (nSPS) is 29.4. The van der Waals surface area contributed by atoms with Crippen molar-refractivity contribution in [3.63, 3.8) is 0 Å². The monoisotopic (exact) mass is 341 g/mol. The third kappa shape index (κ3) is 2.94. The molecule has 24 heavy (non-hydrogen) atoms. The summed E-state index contributed by atoms with van der Waals surface area (Å²) in [5.41, 5.74) is 3.64. The second-order valence-electron chi connectivity index (χ2n) is 7.79. The zero-order valence-electron chi connectivity index (χ0n) is 14.9. The molecule has 0 aromatic rings. The third-order valence-electron chi connectivity index (χ3n) is 4.64. The van der Waals surface area contributed by atoms with Gasteiger partial charge in [-0.3, -0.25) is 14.5 Å². The number of primary amides is 1. The van der Waals surface area contributed by atoms with E-state index in [1.807, 2.05) is 6.92 Å². The van der Waals surface area contributed by atoms with E-state index in [-0.39, 0.29) is 18.5 Å². The fraction of sp³-hybridized carbons (Fsp3) is 0.812. The number of rotatable bonds is 3. The van der Waals surface area contributed by atoms with Crippen molar-refractivity contribution < 1.29 is 24.2 Å². The first-order valence-electron chi connectivity index (χ1n) is 8.21. The number of carbonyl (C=O) groups excluding carboxylic acids is 3. The van der Waals surface area contributed by atoms with E-state index in [4.69, 9.17) is 10.5 Å². The summed E-state index contributed by atoms with van der Waals surface area (Å²) in [6.45, 7) is 8.76. The van der Waals surface area contributed by atoms with Gasteiger partial charge in [-0.1, -0.05) is 0 Å². The number of aliphatic hydroxyl groups is 1. The SMILES string of the molecule is CC(O)C(C(N)=O)N1CC2(CCC(C)N2C(=O)OC(C)(C)C)C1=O. The standard InChI is InChI=1S/C16H27N3O5/c1-9-6-7-16(19(9)14(23)24-15(3,4)5)8-18(13(16)22)11(10(2)20)12(17)21/h9-11,20H,6-8H2,1-5H3,(H2,17,21). The first-order valence-corrected chi connectivity index (χ1v) is 8.21. The highest BCUT2D eigenvalue weighted by Gasteiger charge is 2.64. The summed E-state index contributed by atoms with van der Waals surface area (Å²) in [6, 6.07) is -1.22. The number of aliphatic hydroxyl groups excluding tert-OH is 1. The Morgan fingerprint density at radius 2 is 2.00 bits per heavy atom. The predicted molar refractivity (Wildman–Crippen MR) is 85.9 cm³/mol. The number of carbonyl (C=O) groups is 3. The maximum Gasteiger partial charge on any atom is 0.411 e. The Balaban J connectivity index is 2.23. The van der Waals surface area contributed by atoms with Crippen molar-refractivity contribution in [2.45, 2.75) is 76.8 Å². The summed E-state index contributed by atoms with van der Waals surface area (Å²) in [4.78, 5) is 39.7. The van der Waals surface area contributed by atoms with Crippen LogP contribution in [-0.2, 0) is 14.3 Å². The molecule has 0 aromatic carbocycles. The van der Waals surface area contributed by atoms with Gasteiger partial charge in [0.1, 0.15) is 17.2 Å². The molecule has 2 aliphatic rings. The lowest BCUT2D eigenvalue weighted by molar-refractivity contribution is -0.172. The molecule has 0 saturated carbocycles. The highest BCUT2D eigenvalue weighted by molar-refractivity contribution is 5.99. The molecule has 0 aliphatic carbocycles. The van der Waals surface area contributed by atoms with Crippen LogP contribution in [0.4, 0.5) is 4.79 Å². The van der Waals surface area contributed by atoms with E-state index in [1.54, 1.807) is 20.8 Å². The molecule has 3 amide bonds. The van der Waals surface area contributed by atoms with Gasteiger partial charge in [-0.05, 0) is 47.5 Å². The van der Waals surface area contributed by atoms with Crippen molar-refractivity contribution in [1.82, 2.24) is 9.80 Å². The molecule has 4 unspecified atom stereocenters. The number of nitrogens with two attached hydrogens (primary N) is 1. The van der Waals surface area contributed by atoms with Gasteiger partial charge in [-0.15, -0.1) is 0 Å². The van der Waals surface area contributed by atoms with E-state index in [0.717, 1.165) is 0 Å². The Labute approximate surface area is 141 Å². The number of β-lactam (4-membered cyclic amide) rings is 1. The summed E-state index contributed by atoms with van der Waals surface area (Å²) >= 11 is 0. The van der Waals surface area contributed by atoms with E-state index in [0.29, 0.717) is 12.8 Å². The van der Waals surface area contributed by atoms with Crippen LogP contribution < -0.4 is 5.73 Å². The minimum absolute atomic E-state index is 0.135. The lowest BCUT2D eigenvalue weighted by atomic mass is 9.83. The zero-order chi connectivity index (χ0) is 18.4. The maximum absolute atomic E-state index is 12.8. The lowest BCUT2D eigenvalue weighted by Gasteiger charge is -2.53. The largest absolute Gasteiger partial charge is 0.444 e. The van der Waals surface area contributed by atoms with Gasteiger partial charge in [0.2, 0.25) is 5.91 Å². The number of nitrogens with zero attached hydrogens (tertiary/aromatic N) is 2. The molecule has 0 radical (unpaired) electrons. The molecule has 4 atom stereocenters. The predicted octanol–water partition coefficient (Wildman–Crippen LogP) is 0.222. The van der Waals surface area contributed by atoms with E-state index < -0.39 is 35.3 Å². The van der Waals surface area contributed by atoms with E-state index in [2.05, 4.69) is 0 Å². The molecule has 8 heteroatoms. The van der Waals surface area contributed by atoms with Crippen molar-refractivity contribution >= 4 is 17.9 Å². The summed E-state index contributed by atoms with van der Waals surface area (Å²) in [6.07, 6.45) is -0.422. The minimum Gasteiger partial charge on any atom is -0.444 e. The summed E-state index contributed by atoms with van der Waals surface area (Å²) < 4.78 is 5.44. The van der Waals surface area contributed by atoms with Crippen molar-refractivity contribution in [2.75, 3.05) is 6.54 Å². The van der Waals surface area contributed by atoms with Crippen LogP contribution in [0.25, 0.3) is 0 Å². The molecule has 0 bridgehead atoms. The molecule has 8 nitrogen and oxygen atoms in total. The van der Waals surface area contributed by atoms with Gasteiger partial charge in [0.25, 0.3) is 5.91 Å². The second kappa shape index (κ2) is 5.91. The third-order valence-corrected chi connectivity index (χ3v) is 4.64. The van der Waals surface area contributed by atoms with Gasteiger partial charge in [0.05, 0.1) is 12.6 Å². The maximum atomic E-state index is 12.8. The molecule has 2 saturated heterocycles. The molecule has 3 N–H and O–H groups in total. The molecule has 2 heterocycles. The summed E-state index contributed by atoms with van der Waals surface area (Å²) in [5.74, 6) is -1.12. The van der Waals surface area contributed by atoms with Crippen LogP contribution in [0.3, 0.4) is 0 Å². The number of likely N-dealkylation sites (tertiary alicyclic amines) is 2. The van der Waals surface area contributed by atoms with Crippen LogP contribution in [-0.4, -0.2) is 68.7 Å². The Bertz CT molecular complexity index is 556. The fourth-order valence-corrected chi connectivity index (χ4v) is 3.62.